The van der Waals surface area contributed by atoms with Gasteiger partial charge in [-0.2, -0.15) is 0 Å². The summed E-state index contributed by atoms with van der Waals surface area (Å²) in [4.78, 5) is 25.8. The largest absolute Gasteiger partial charge is 0.484 e. The molecule has 0 unspecified atom stereocenters. The predicted molar refractivity (Wildman–Crippen MR) is 99.2 cm³/mol. The van der Waals surface area contributed by atoms with Gasteiger partial charge in [-0.25, -0.2) is 0 Å². The lowest BCUT2D eigenvalue weighted by atomic mass is 9.58. The van der Waals surface area contributed by atoms with Gasteiger partial charge >= 0.3 is 0 Å². The van der Waals surface area contributed by atoms with Crippen molar-refractivity contribution in [1.29, 1.82) is 0 Å². The van der Waals surface area contributed by atoms with E-state index in [0.717, 1.165) is 18.7 Å². The quantitative estimate of drug-likeness (QED) is 0.846. The molecule has 0 bridgehead atoms. The molecule has 26 heavy (non-hydrogen) atoms. The zero-order valence-electron chi connectivity index (χ0n) is 16.0. The fourth-order valence-corrected chi connectivity index (χ4v) is 4.43. The van der Waals surface area contributed by atoms with Gasteiger partial charge < -0.3 is 19.7 Å². The number of nitrogens with zero attached hydrogens (tertiary/aromatic N) is 1. The fraction of sp³-hybridized carbons (Fsp3) is 0.600. The van der Waals surface area contributed by atoms with Crippen molar-refractivity contribution in [2.45, 2.75) is 45.8 Å². The molecular weight excluding hydrogens is 332 g/mol. The van der Waals surface area contributed by atoms with E-state index in [1.165, 1.54) is 0 Å². The van der Waals surface area contributed by atoms with Crippen molar-refractivity contribution < 1.29 is 19.1 Å². The molecule has 1 aromatic rings. The van der Waals surface area contributed by atoms with E-state index in [1.54, 1.807) is 24.1 Å². The highest BCUT2D eigenvalue weighted by Gasteiger charge is 2.55. The summed E-state index contributed by atoms with van der Waals surface area (Å²) in [7, 11) is 1.71. The zero-order valence-corrected chi connectivity index (χ0v) is 16.0. The molecule has 1 heterocycles. The van der Waals surface area contributed by atoms with Crippen molar-refractivity contribution in [3.63, 3.8) is 0 Å². The van der Waals surface area contributed by atoms with Crippen LogP contribution in [0.3, 0.4) is 0 Å². The van der Waals surface area contributed by atoms with Gasteiger partial charge in [0.25, 0.3) is 5.91 Å². The smallest absolute Gasteiger partial charge is 0.258 e. The molecule has 6 nitrogen and oxygen atoms in total. The monoisotopic (exact) mass is 360 g/mol. The Kier molecular flexibility index (Phi) is 5.23. The van der Waals surface area contributed by atoms with Gasteiger partial charge in [-0.1, -0.05) is 20.8 Å². The Morgan fingerprint density at radius 1 is 1.31 bits per heavy atom. The molecule has 2 aliphatic rings. The first-order valence-electron chi connectivity index (χ1n) is 9.20. The van der Waals surface area contributed by atoms with E-state index in [2.05, 4.69) is 26.1 Å². The SMILES string of the molecule is CO[C@@H]1[C@H](C)[C@H](NC(=O)COc2ccc(N3CCCC3=O)cc2)C1(C)C. The van der Waals surface area contributed by atoms with Crippen molar-refractivity contribution >= 4 is 17.5 Å². The normalized spacial score (nSPS) is 27.2. The van der Waals surface area contributed by atoms with E-state index < -0.39 is 0 Å². The summed E-state index contributed by atoms with van der Waals surface area (Å²) in [6.07, 6.45) is 1.66. The molecule has 142 valence electrons. The number of methoxy groups -OCH3 is 1. The van der Waals surface area contributed by atoms with Crippen LogP contribution in [-0.2, 0) is 14.3 Å². The van der Waals surface area contributed by atoms with Crippen LogP contribution >= 0.6 is 0 Å². The van der Waals surface area contributed by atoms with Crippen LogP contribution in [0.15, 0.2) is 24.3 Å². The van der Waals surface area contributed by atoms with Gasteiger partial charge in [-0.15, -0.1) is 0 Å². The van der Waals surface area contributed by atoms with Crippen molar-refractivity contribution in [1.82, 2.24) is 5.32 Å². The van der Waals surface area contributed by atoms with Crippen LogP contribution in [0.25, 0.3) is 0 Å². The molecule has 1 N–H and O–H groups in total. The van der Waals surface area contributed by atoms with E-state index in [1.807, 2.05) is 12.1 Å². The Balaban J connectivity index is 1.50. The van der Waals surface area contributed by atoms with Gasteiger partial charge in [0.1, 0.15) is 5.75 Å². The van der Waals surface area contributed by atoms with E-state index >= 15 is 0 Å². The minimum absolute atomic E-state index is 0.0288. The number of hydrogen-bond donors (Lipinski definition) is 1. The molecular formula is C20H28N2O4. The number of hydrogen-bond acceptors (Lipinski definition) is 4. The Labute approximate surface area is 154 Å². The van der Waals surface area contributed by atoms with Crippen LogP contribution in [0.1, 0.15) is 33.6 Å². The molecule has 2 amide bonds. The first-order valence-corrected chi connectivity index (χ1v) is 9.20. The van der Waals surface area contributed by atoms with Crippen molar-refractivity contribution in [2.24, 2.45) is 11.3 Å². The third-order valence-electron chi connectivity index (χ3n) is 5.70. The van der Waals surface area contributed by atoms with Crippen molar-refractivity contribution in [3.05, 3.63) is 24.3 Å². The highest BCUT2D eigenvalue weighted by atomic mass is 16.5. The Morgan fingerprint density at radius 3 is 2.54 bits per heavy atom. The summed E-state index contributed by atoms with van der Waals surface area (Å²) in [5, 5.41) is 3.06. The Bertz CT molecular complexity index is 671. The number of anilines is 1. The number of carbonyl (C=O) groups is 2. The molecule has 3 rings (SSSR count). The third kappa shape index (κ3) is 3.43. The van der Waals surface area contributed by atoms with E-state index in [0.29, 0.717) is 12.2 Å². The maximum Gasteiger partial charge on any atom is 0.258 e. The van der Waals surface area contributed by atoms with Crippen LogP contribution in [0.5, 0.6) is 5.75 Å². The summed E-state index contributed by atoms with van der Waals surface area (Å²) in [5.74, 6) is 0.912. The number of ether oxygens (including phenoxy) is 2. The second kappa shape index (κ2) is 7.27. The minimum atomic E-state index is -0.136. The molecule has 1 saturated carbocycles. The molecule has 1 aliphatic heterocycles. The number of carbonyl (C=O) groups excluding carboxylic acids is 2. The zero-order chi connectivity index (χ0) is 18.9. The lowest BCUT2D eigenvalue weighted by molar-refractivity contribution is -0.155. The van der Waals surface area contributed by atoms with Gasteiger partial charge in [0, 0.05) is 43.1 Å². The van der Waals surface area contributed by atoms with Gasteiger partial charge in [-0.05, 0) is 30.7 Å². The summed E-state index contributed by atoms with van der Waals surface area (Å²) >= 11 is 0. The van der Waals surface area contributed by atoms with Crippen LogP contribution in [0.2, 0.25) is 0 Å². The molecule has 0 radical (unpaired) electrons. The third-order valence-corrected chi connectivity index (χ3v) is 5.70. The van der Waals surface area contributed by atoms with Crippen LogP contribution in [0, 0.1) is 11.3 Å². The van der Waals surface area contributed by atoms with Crippen LogP contribution in [0.4, 0.5) is 5.69 Å². The fourth-order valence-electron chi connectivity index (χ4n) is 4.43. The lowest BCUT2D eigenvalue weighted by Gasteiger charge is -2.56. The topological polar surface area (TPSA) is 67.9 Å². The Morgan fingerprint density at radius 2 is 2.00 bits per heavy atom. The molecule has 3 atom stereocenters. The van der Waals surface area contributed by atoms with Crippen LogP contribution < -0.4 is 15.0 Å². The van der Waals surface area contributed by atoms with Gasteiger partial charge in [0.2, 0.25) is 5.91 Å². The minimum Gasteiger partial charge on any atom is -0.484 e. The molecule has 0 aromatic heterocycles. The van der Waals surface area contributed by atoms with Gasteiger partial charge in [0.05, 0.1) is 6.10 Å². The summed E-state index contributed by atoms with van der Waals surface area (Å²) in [6.45, 7) is 7.03. The molecule has 2 fully saturated rings. The average Bonchev–Trinajstić information content (AvgIpc) is 3.04. The Hall–Kier alpha value is -2.08. The van der Waals surface area contributed by atoms with E-state index in [-0.39, 0.29) is 41.9 Å². The second-order valence-corrected chi connectivity index (χ2v) is 7.81. The predicted octanol–water partition coefficient (Wildman–Crippen LogP) is 2.37. The molecule has 6 heteroatoms. The second-order valence-electron chi connectivity index (χ2n) is 7.81. The van der Waals surface area contributed by atoms with Crippen LogP contribution in [-0.4, -0.2) is 44.2 Å². The number of nitrogens with one attached hydrogen (secondary N) is 1. The maximum atomic E-state index is 12.2. The van der Waals surface area contributed by atoms with Crippen molar-refractivity contribution in [3.8, 4) is 5.75 Å². The number of rotatable bonds is 6. The highest BCUT2D eigenvalue weighted by molar-refractivity contribution is 5.95. The maximum absolute atomic E-state index is 12.2. The lowest BCUT2D eigenvalue weighted by Crippen LogP contribution is -2.68. The van der Waals surface area contributed by atoms with E-state index in [4.69, 9.17) is 9.47 Å². The van der Waals surface area contributed by atoms with Crippen molar-refractivity contribution in [2.75, 3.05) is 25.2 Å². The molecule has 0 spiro atoms. The molecule has 1 aliphatic carbocycles. The van der Waals surface area contributed by atoms with Gasteiger partial charge in [0.15, 0.2) is 6.61 Å². The highest BCUT2D eigenvalue weighted by Crippen LogP contribution is 2.46. The molecule has 1 saturated heterocycles. The van der Waals surface area contributed by atoms with Gasteiger partial charge in [-0.3, -0.25) is 9.59 Å². The summed E-state index contributed by atoms with van der Waals surface area (Å²) in [6, 6.07) is 7.39. The summed E-state index contributed by atoms with van der Waals surface area (Å²) in [5.41, 5.74) is 0.785. The number of amides is 2. The molecule has 1 aromatic carbocycles. The number of benzene rings is 1. The standard InChI is InChI=1S/C20H28N2O4/c1-13-18(20(2,3)19(13)25-4)21-16(23)12-26-15-9-7-14(8-10-15)22-11-5-6-17(22)24/h7-10,13,18-19H,5-6,11-12H2,1-4H3,(H,21,23)/t13-,18+,19-/m1/s1. The summed E-state index contributed by atoms with van der Waals surface area (Å²) < 4.78 is 11.1. The van der Waals surface area contributed by atoms with E-state index in [9.17, 15) is 9.59 Å². The first kappa shape index (κ1) is 18.7. The average molecular weight is 360 g/mol. The first-order chi connectivity index (χ1) is 12.3.